The summed E-state index contributed by atoms with van der Waals surface area (Å²) < 4.78 is 7.17. The van der Waals surface area contributed by atoms with Gasteiger partial charge in [0.15, 0.2) is 6.29 Å². The van der Waals surface area contributed by atoms with Crippen LogP contribution in [-0.2, 0) is 11.3 Å². The van der Waals surface area contributed by atoms with Crippen molar-refractivity contribution in [1.29, 1.82) is 0 Å². The summed E-state index contributed by atoms with van der Waals surface area (Å²) in [5.41, 5.74) is 3.31. The third-order valence-corrected chi connectivity index (χ3v) is 3.93. The second kappa shape index (κ2) is 7.13. The van der Waals surface area contributed by atoms with Gasteiger partial charge in [0.1, 0.15) is 0 Å². The number of rotatable bonds is 6. The summed E-state index contributed by atoms with van der Waals surface area (Å²) in [6.45, 7) is 3.04. The van der Waals surface area contributed by atoms with Gasteiger partial charge in [0, 0.05) is 29.2 Å². The summed E-state index contributed by atoms with van der Waals surface area (Å²) in [6.07, 6.45) is 3.55. The molecule has 0 saturated carbocycles. The standard InChI is InChI=1S/C20H19NO3/c1-2-11-24-20(23)16-9-7-15(8-10-16)12-21-13-17(14-22)18-5-3-4-6-19(18)21/h3-10,13-14H,2,11-12H2,1H3. The van der Waals surface area contributed by atoms with E-state index in [9.17, 15) is 9.59 Å². The Bertz CT molecular complexity index is 862. The molecule has 4 nitrogen and oxygen atoms in total. The molecule has 3 rings (SSSR count). The highest BCUT2D eigenvalue weighted by molar-refractivity contribution is 5.97. The van der Waals surface area contributed by atoms with E-state index in [1.165, 1.54) is 0 Å². The molecule has 0 spiro atoms. The molecule has 1 aromatic heterocycles. The van der Waals surface area contributed by atoms with Gasteiger partial charge >= 0.3 is 5.97 Å². The van der Waals surface area contributed by atoms with Crippen molar-refractivity contribution in [2.45, 2.75) is 19.9 Å². The van der Waals surface area contributed by atoms with E-state index in [0.717, 1.165) is 29.2 Å². The van der Waals surface area contributed by atoms with Crippen LogP contribution in [0.25, 0.3) is 10.9 Å². The van der Waals surface area contributed by atoms with Gasteiger partial charge in [-0.2, -0.15) is 0 Å². The van der Waals surface area contributed by atoms with Crippen molar-refractivity contribution in [2.75, 3.05) is 6.61 Å². The van der Waals surface area contributed by atoms with Crippen molar-refractivity contribution < 1.29 is 14.3 Å². The molecule has 122 valence electrons. The maximum atomic E-state index is 11.8. The zero-order valence-corrected chi connectivity index (χ0v) is 13.6. The number of ether oxygens (including phenoxy) is 1. The summed E-state index contributed by atoms with van der Waals surface area (Å²) in [6, 6.07) is 15.2. The lowest BCUT2D eigenvalue weighted by molar-refractivity contribution is 0.0505. The minimum Gasteiger partial charge on any atom is -0.462 e. The van der Waals surface area contributed by atoms with E-state index in [4.69, 9.17) is 4.74 Å². The first-order valence-electron chi connectivity index (χ1n) is 8.02. The predicted molar refractivity (Wildman–Crippen MR) is 93.4 cm³/mol. The van der Waals surface area contributed by atoms with Gasteiger partial charge in [0.25, 0.3) is 0 Å². The van der Waals surface area contributed by atoms with Crippen molar-refractivity contribution in [1.82, 2.24) is 4.57 Å². The lowest BCUT2D eigenvalue weighted by Gasteiger charge is -2.07. The van der Waals surface area contributed by atoms with Crippen LogP contribution < -0.4 is 0 Å². The average molecular weight is 321 g/mol. The lowest BCUT2D eigenvalue weighted by Crippen LogP contribution is -2.06. The van der Waals surface area contributed by atoms with E-state index in [1.54, 1.807) is 12.1 Å². The quantitative estimate of drug-likeness (QED) is 0.508. The molecular formula is C20H19NO3. The highest BCUT2D eigenvalue weighted by Crippen LogP contribution is 2.21. The number of para-hydroxylation sites is 1. The Balaban J connectivity index is 1.82. The smallest absolute Gasteiger partial charge is 0.338 e. The molecule has 24 heavy (non-hydrogen) atoms. The van der Waals surface area contributed by atoms with E-state index < -0.39 is 0 Å². The highest BCUT2D eigenvalue weighted by atomic mass is 16.5. The van der Waals surface area contributed by atoms with E-state index in [-0.39, 0.29) is 5.97 Å². The van der Waals surface area contributed by atoms with Crippen molar-refractivity contribution in [2.24, 2.45) is 0 Å². The van der Waals surface area contributed by atoms with Crippen molar-refractivity contribution in [3.8, 4) is 0 Å². The second-order valence-corrected chi connectivity index (χ2v) is 5.68. The van der Waals surface area contributed by atoms with Gasteiger partial charge in [-0.3, -0.25) is 4.79 Å². The van der Waals surface area contributed by atoms with Crippen LogP contribution in [-0.4, -0.2) is 23.4 Å². The molecule has 0 amide bonds. The number of fused-ring (bicyclic) bond motifs is 1. The van der Waals surface area contributed by atoms with Gasteiger partial charge in [0.2, 0.25) is 0 Å². The van der Waals surface area contributed by atoms with Crippen molar-refractivity contribution in [3.63, 3.8) is 0 Å². The monoisotopic (exact) mass is 321 g/mol. The topological polar surface area (TPSA) is 48.3 Å². The van der Waals surface area contributed by atoms with E-state index in [2.05, 4.69) is 0 Å². The Labute approximate surface area is 140 Å². The fourth-order valence-electron chi connectivity index (χ4n) is 2.72. The number of esters is 1. The number of carbonyl (C=O) groups is 2. The summed E-state index contributed by atoms with van der Waals surface area (Å²) in [5, 5.41) is 0.951. The number of carbonyl (C=O) groups excluding carboxylic acids is 2. The maximum absolute atomic E-state index is 11.8. The summed E-state index contributed by atoms with van der Waals surface area (Å²) in [4.78, 5) is 23.1. The predicted octanol–water partition coefficient (Wildman–Crippen LogP) is 4.07. The Morgan fingerprint density at radius 1 is 1.12 bits per heavy atom. The summed E-state index contributed by atoms with van der Waals surface area (Å²) >= 11 is 0. The minimum atomic E-state index is -0.293. The molecule has 3 aromatic rings. The highest BCUT2D eigenvalue weighted by Gasteiger charge is 2.09. The van der Waals surface area contributed by atoms with Gasteiger partial charge in [0.05, 0.1) is 12.2 Å². The fourth-order valence-corrected chi connectivity index (χ4v) is 2.72. The molecule has 0 bridgehead atoms. The van der Waals surface area contributed by atoms with E-state index in [0.29, 0.717) is 24.3 Å². The number of hydrogen-bond donors (Lipinski definition) is 0. The van der Waals surface area contributed by atoms with Crippen LogP contribution in [0.15, 0.2) is 54.7 Å². The Hall–Kier alpha value is -2.88. The number of hydrogen-bond acceptors (Lipinski definition) is 3. The van der Waals surface area contributed by atoms with E-state index >= 15 is 0 Å². The molecule has 0 aliphatic rings. The molecule has 0 atom stereocenters. The molecule has 0 aliphatic heterocycles. The Morgan fingerprint density at radius 3 is 2.58 bits per heavy atom. The SMILES string of the molecule is CCCOC(=O)c1ccc(Cn2cc(C=O)c3ccccc32)cc1. The van der Waals surface area contributed by atoms with Crippen LogP contribution in [0.5, 0.6) is 0 Å². The minimum absolute atomic E-state index is 0.293. The number of aldehydes is 1. The van der Waals surface area contributed by atoms with Crippen molar-refractivity contribution in [3.05, 3.63) is 71.4 Å². The molecule has 2 aromatic carbocycles. The number of nitrogens with zero attached hydrogens (tertiary/aromatic N) is 1. The normalized spacial score (nSPS) is 10.7. The third kappa shape index (κ3) is 3.23. The molecule has 0 radical (unpaired) electrons. The molecule has 0 fully saturated rings. The van der Waals surface area contributed by atoms with Gasteiger partial charge in [-0.05, 0) is 30.2 Å². The first-order valence-corrected chi connectivity index (χ1v) is 8.02. The third-order valence-electron chi connectivity index (χ3n) is 3.93. The molecule has 0 aliphatic carbocycles. The molecule has 4 heteroatoms. The molecule has 0 N–H and O–H groups in total. The van der Waals surface area contributed by atoms with Gasteiger partial charge in [-0.1, -0.05) is 37.3 Å². The largest absolute Gasteiger partial charge is 0.462 e. The molecule has 0 unspecified atom stereocenters. The van der Waals surface area contributed by atoms with Gasteiger partial charge < -0.3 is 9.30 Å². The first kappa shape index (κ1) is 16.0. The van der Waals surface area contributed by atoms with Crippen molar-refractivity contribution >= 4 is 23.2 Å². The van der Waals surface area contributed by atoms with Crippen LogP contribution in [0.3, 0.4) is 0 Å². The maximum Gasteiger partial charge on any atom is 0.338 e. The van der Waals surface area contributed by atoms with Crippen LogP contribution in [0, 0.1) is 0 Å². The average Bonchev–Trinajstić information content (AvgIpc) is 2.98. The molecular weight excluding hydrogens is 302 g/mol. The second-order valence-electron chi connectivity index (χ2n) is 5.68. The summed E-state index contributed by atoms with van der Waals surface area (Å²) in [5.74, 6) is -0.293. The number of aromatic nitrogens is 1. The zero-order valence-electron chi connectivity index (χ0n) is 13.6. The van der Waals surface area contributed by atoms with Gasteiger partial charge in [-0.25, -0.2) is 4.79 Å². The van der Waals surface area contributed by atoms with Crippen LogP contribution in [0.4, 0.5) is 0 Å². The van der Waals surface area contributed by atoms with Crippen LogP contribution >= 0.6 is 0 Å². The van der Waals surface area contributed by atoms with E-state index in [1.807, 2.05) is 54.1 Å². The summed E-state index contributed by atoms with van der Waals surface area (Å²) in [7, 11) is 0. The van der Waals surface area contributed by atoms with Gasteiger partial charge in [-0.15, -0.1) is 0 Å². The molecule has 1 heterocycles. The van der Waals surface area contributed by atoms with Crippen LogP contribution in [0.1, 0.15) is 39.6 Å². The number of benzene rings is 2. The Kier molecular flexibility index (Phi) is 4.75. The zero-order chi connectivity index (χ0) is 16.9. The lowest BCUT2D eigenvalue weighted by atomic mass is 10.1. The molecule has 0 saturated heterocycles. The fraction of sp³-hybridized carbons (Fsp3) is 0.200. The Morgan fingerprint density at radius 2 is 1.88 bits per heavy atom. The van der Waals surface area contributed by atoms with Crippen LogP contribution in [0.2, 0.25) is 0 Å². The first-order chi connectivity index (χ1) is 11.7.